The van der Waals surface area contributed by atoms with E-state index < -0.39 is 5.66 Å². The lowest BCUT2D eigenvalue weighted by molar-refractivity contribution is -0.923. The third kappa shape index (κ3) is 1.75. The Morgan fingerprint density at radius 1 is 0.512 bits per heavy atom. The van der Waals surface area contributed by atoms with Crippen LogP contribution in [0.2, 0.25) is 0 Å². The molecule has 8 heterocycles. The number of fused-ring (bicyclic) bond motifs is 12. The molecule has 0 bridgehead atoms. The third-order valence-electron chi connectivity index (χ3n) is 10.5. The summed E-state index contributed by atoms with van der Waals surface area (Å²) in [7, 11) is 0. The first kappa shape index (κ1) is 20.1. The van der Waals surface area contributed by atoms with Gasteiger partial charge in [0.05, 0.1) is 17.0 Å². The van der Waals surface area contributed by atoms with E-state index in [1.165, 1.54) is 66.0 Å². The van der Waals surface area contributed by atoms with Crippen LogP contribution in [0, 0.1) is 0 Å². The van der Waals surface area contributed by atoms with Gasteiger partial charge in [0.15, 0.2) is 33.2 Å². The van der Waals surface area contributed by atoms with Gasteiger partial charge in [0.1, 0.15) is 28.1 Å². The zero-order chi connectivity index (χ0) is 27.3. The van der Waals surface area contributed by atoms with Gasteiger partial charge in [-0.05, 0) is 54.6 Å². The number of benzene rings is 5. The fourth-order valence-electron chi connectivity index (χ4n) is 9.21. The highest BCUT2D eigenvalue weighted by Crippen LogP contribution is 2.58. The number of nitrogens with zero attached hydrogens (tertiary/aromatic N) is 4. The van der Waals surface area contributed by atoms with Gasteiger partial charge in [0, 0.05) is 22.2 Å². The standard InChI is InChI=1S/C37H18N4O2/c1-2-8-22-19(7-1)20-13-15-28-32-30(20)35-38(22)23-9-3-5-11-25(23)40(35)37(32)33-29(43-28)16-14-21-31(33)36-39(27-17-18-42-34(21)27)24-10-4-6-12-26(24)41(36)37/h1-18H/q+2. The van der Waals surface area contributed by atoms with Crippen LogP contribution in [0.4, 0.5) is 0 Å². The molecule has 6 heteroatoms. The zero-order valence-corrected chi connectivity index (χ0v) is 22.5. The summed E-state index contributed by atoms with van der Waals surface area (Å²) in [6.45, 7) is 0. The van der Waals surface area contributed by atoms with Gasteiger partial charge in [-0.3, -0.25) is 0 Å². The van der Waals surface area contributed by atoms with E-state index in [2.05, 4.69) is 121 Å². The fraction of sp³-hybridized carbons (Fsp3) is 0.0270. The van der Waals surface area contributed by atoms with Crippen LogP contribution in [0.1, 0.15) is 11.1 Å². The molecule has 196 valence electrons. The Morgan fingerprint density at radius 3 is 1.81 bits per heavy atom. The van der Waals surface area contributed by atoms with E-state index in [-0.39, 0.29) is 0 Å². The van der Waals surface area contributed by atoms with Crippen molar-refractivity contribution in [2.75, 3.05) is 0 Å². The molecule has 6 nitrogen and oxygen atoms in total. The maximum atomic E-state index is 6.90. The number of pyridine rings is 2. The minimum Gasteiger partial charge on any atom is -0.460 e. The fourth-order valence-corrected chi connectivity index (χ4v) is 9.21. The summed E-state index contributed by atoms with van der Waals surface area (Å²) in [5.41, 5.74) is 12.0. The van der Waals surface area contributed by atoms with Crippen LogP contribution >= 0.6 is 0 Å². The number of furan rings is 1. The van der Waals surface area contributed by atoms with Crippen LogP contribution in [0.5, 0.6) is 11.5 Å². The second-order valence-corrected chi connectivity index (χ2v) is 12.1. The van der Waals surface area contributed by atoms with Crippen molar-refractivity contribution in [1.82, 2.24) is 8.80 Å². The van der Waals surface area contributed by atoms with Crippen LogP contribution in [0.15, 0.2) is 114 Å². The van der Waals surface area contributed by atoms with E-state index >= 15 is 0 Å². The van der Waals surface area contributed by atoms with Gasteiger partial charge in [0.2, 0.25) is 0 Å². The first-order valence-corrected chi connectivity index (χ1v) is 14.7. The molecule has 5 aromatic carbocycles. The number of imidazole rings is 2. The van der Waals surface area contributed by atoms with Crippen molar-refractivity contribution in [1.29, 1.82) is 0 Å². The summed E-state index contributed by atoms with van der Waals surface area (Å²) in [4.78, 5) is 0. The Labute approximate surface area is 241 Å². The molecule has 3 aliphatic heterocycles. The molecule has 0 aliphatic carbocycles. The third-order valence-corrected chi connectivity index (χ3v) is 10.5. The van der Waals surface area contributed by atoms with Crippen molar-refractivity contribution in [3.05, 3.63) is 121 Å². The van der Waals surface area contributed by atoms with Gasteiger partial charge in [-0.25, -0.2) is 0 Å². The lowest BCUT2D eigenvalue weighted by atomic mass is 9.85. The molecule has 5 aromatic heterocycles. The van der Waals surface area contributed by atoms with Gasteiger partial charge in [0.25, 0.3) is 0 Å². The molecule has 1 unspecified atom stereocenters. The number of hydrogen-bond donors (Lipinski definition) is 0. The Morgan fingerprint density at radius 2 is 1.09 bits per heavy atom. The summed E-state index contributed by atoms with van der Waals surface area (Å²) in [6.07, 6.45) is 1.81. The molecule has 0 amide bonds. The largest absolute Gasteiger partial charge is 0.460 e. The quantitative estimate of drug-likeness (QED) is 0.147. The SMILES string of the molecule is c1ccc2c(c1)c1ccc3c4c1c1n2c2ccccc2[n+]1C41c2c(ccc4c5occc5n5c6ccccc6[n+]1c5c24)O3. The molecule has 0 N–H and O–H groups in total. The molecule has 43 heavy (non-hydrogen) atoms. The van der Waals surface area contributed by atoms with E-state index in [1.54, 1.807) is 0 Å². The summed E-state index contributed by atoms with van der Waals surface area (Å²) in [5, 5.41) is 6.04. The average Bonchev–Trinajstić information content (AvgIpc) is 3.85. The van der Waals surface area contributed by atoms with Crippen LogP contribution in [-0.2, 0) is 5.66 Å². The van der Waals surface area contributed by atoms with Crippen molar-refractivity contribution < 1.29 is 18.3 Å². The van der Waals surface area contributed by atoms with E-state index in [4.69, 9.17) is 9.15 Å². The van der Waals surface area contributed by atoms with Crippen molar-refractivity contribution in [2.45, 2.75) is 5.66 Å². The molecule has 13 rings (SSSR count). The minimum atomic E-state index is -0.689. The summed E-state index contributed by atoms with van der Waals surface area (Å²) < 4.78 is 23.2. The molecular formula is C37H18N4O2+2. The van der Waals surface area contributed by atoms with E-state index in [0.29, 0.717) is 0 Å². The predicted octanol–water partition coefficient (Wildman–Crippen LogP) is 7.31. The normalized spacial score (nSPS) is 17.6. The van der Waals surface area contributed by atoms with E-state index in [9.17, 15) is 0 Å². The lowest BCUT2D eigenvalue weighted by Crippen LogP contribution is -2.71. The highest BCUT2D eigenvalue weighted by Gasteiger charge is 2.67. The first-order valence-electron chi connectivity index (χ1n) is 14.7. The minimum absolute atomic E-state index is 0.689. The molecule has 0 fully saturated rings. The monoisotopic (exact) mass is 550 g/mol. The summed E-state index contributed by atoms with van der Waals surface area (Å²) >= 11 is 0. The van der Waals surface area contributed by atoms with Gasteiger partial charge >= 0.3 is 17.0 Å². The molecule has 10 aromatic rings. The molecule has 1 atom stereocenters. The van der Waals surface area contributed by atoms with Crippen LogP contribution in [0.3, 0.4) is 0 Å². The molecule has 1 spiro atoms. The molecule has 0 saturated carbocycles. The van der Waals surface area contributed by atoms with Gasteiger partial charge in [-0.15, -0.1) is 0 Å². The second-order valence-electron chi connectivity index (χ2n) is 12.1. The topological polar surface area (TPSA) is 39.0 Å². The second kappa shape index (κ2) is 6.01. The number of rotatable bonds is 0. The van der Waals surface area contributed by atoms with Crippen LogP contribution < -0.4 is 13.9 Å². The predicted molar refractivity (Wildman–Crippen MR) is 164 cm³/mol. The van der Waals surface area contributed by atoms with Crippen molar-refractivity contribution in [3.63, 3.8) is 0 Å². The van der Waals surface area contributed by atoms with Crippen molar-refractivity contribution in [2.24, 2.45) is 0 Å². The van der Waals surface area contributed by atoms with Gasteiger partial charge in [-0.2, -0.15) is 17.9 Å². The van der Waals surface area contributed by atoms with Crippen LogP contribution in [-0.4, -0.2) is 8.80 Å². The Kier molecular flexibility index (Phi) is 2.80. The Hall–Kier alpha value is -5.88. The number of hydrogen-bond acceptors (Lipinski definition) is 2. The van der Waals surface area contributed by atoms with Crippen LogP contribution in [0.25, 0.3) is 76.9 Å². The smallest absolute Gasteiger partial charge is 0.316 e. The summed E-state index contributed by atoms with van der Waals surface area (Å²) in [5.74, 6) is 1.81. The van der Waals surface area contributed by atoms with Gasteiger partial charge < -0.3 is 9.15 Å². The van der Waals surface area contributed by atoms with E-state index in [1.807, 2.05) is 6.26 Å². The number of para-hydroxylation sites is 5. The maximum Gasteiger partial charge on any atom is 0.316 e. The Bertz CT molecular complexity index is 3050. The molecule has 3 aliphatic rings. The summed E-state index contributed by atoms with van der Waals surface area (Å²) in [6, 6.07) is 37.3. The highest BCUT2D eigenvalue weighted by molar-refractivity contribution is 6.18. The lowest BCUT2D eigenvalue weighted by Gasteiger charge is -2.30. The molecule has 0 radical (unpaired) electrons. The average molecular weight is 551 g/mol. The molecule has 0 saturated heterocycles. The zero-order valence-electron chi connectivity index (χ0n) is 22.5. The first-order chi connectivity index (χ1) is 21.4. The number of aromatic nitrogens is 4. The molecular weight excluding hydrogens is 532 g/mol. The van der Waals surface area contributed by atoms with E-state index in [0.717, 1.165) is 33.5 Å². The van der Waals surface area contributed by atoms with Crippen molar-refractivity contribution >= 4 is 76.9 Å². The number of ether oxygens (including phenoxy) is 1. The Balaban J connectivity index is 1.45. The van der Waals surface area contributed by atoms with Gasteiger partial charge in [-0.1, -0.05) is 42.5 Å². The van der Waals surface area contributed by atoms with Crippen molar-refractivity contribution in [3.8, 4) is 11.5 Å². The highest BCUT2D eigenvalue weighted by atomic mass is 16.5. The maximum absolute atomic E-state index is 6.90.